The van der Waals surface area contributed by atoms with E-state index in [0.717, 1.165) is 10.7 Å². The second-order valence-electron chi connectivity index (χ2n) is 6.40. The van der Waals surface area contributed by atoms with Gasteiger partial charge in [0.15, 0.2) is 5.03 Å². The fraction of sp³-hybridized carbons (Fsp3) is 0.412. The highest BCUT2D eigenvalue weighted by Gasteiger charge is 2.34. The van der Waals surface area contributed by atoms with E-state index >= 15 is 0 Å². The van der Waals surface area contributed by atoms with Crippen molar-refractivity contribution in [3.63, 3.8) is 0 Å². The Morgan fingerprint density at radius 2 is 1.96 bits per heavy atom. The average molecular weight is 426 g/mol. The van der Waals surface area contributed by atoms with Gasteiger partial charge >= 0.3 is 0 Å². The smallest absolute Gasteiger partial charge is 0.262 e. The molecule has 3 aromatic rings. The van der Waals surface area contributed by atoms with Gasteiger partial charge in [0.1, 0.15) is 5.01 Å². The molecule has 144 valence electrons. The van der Waals surface area contributed by atoms with Gasteiger partial charge in [-0.15, -0.1) is 0 Å². The molecule has 2 aromatic heterocycles. The molecular formula is C17H20ClN5O2S2. The first-order valence-electron chi connectivity index (χ1n) is 8.76. The molecule has 0 unspecified atom stereocenters. The Morgan fingerprint density at radius 3 is 2.63 bits per heavy atom. The number of halogens is 1. The van der Waals surface area contributed by atoms with Crippen LogP contribution in [0.25, 0.3) is 4.96 Å². The number of imidazole rings is 1. The molecule has 0 N–H and O–H groups in total. The zero-order chi connectivity index (χ0) is 19.2. The largest absolute Gasteiger partial charge is 0.369 e. The van der Waals surface area contributed by atoms with Crippen LogP contribution >= 0.6 is 22.9 Å². The molecule has 0 saturated carbocycles. The van der Waals surface area contributed by atoms with Crippen molar-refractivity contribution in [2.75, 3.05) is 31.1 Å². The normalized spacial score (nSPS) is 16.3. The molecule has 1 fully saturated rings. The van der Waals surface area contributed by atoms with Gasteiger partial charge in [0.05, 0.1) is 5.69 Å². The number of piperazine rings is 1. The van der Waals surface area contributed by atoms with Crippen LogP contribution in [-0.2, 0) is 16.4 Å². The van der Waals surface area contributed by atoms with Gasteiger partial charge in [-0.3, -0.25) is 0 Å². The van der Waals surface area contributed by atoms with E-state index in [1.165, 1.54) is 20.2 Å². The molecule has 0 bridgehead atoms. The lowest BCUT2D eigenvalue weighted by Crippen LogP contribution is -2.49. The second kappa shape index (κ2) is 7.05. The Morgan fingerprint density at radius 1 is 1.22 bits per heavy atom. The summed E-state index contributed by atoms with van der Waals surface area (Å²) in [5.74, 6) is 0. The highest BCUT2D eigenvalue weighted by atomic mass is 35.5. The summed E-state index contributed by atoms with van der Waals surface area (Å²) in [6.45, 7) is 5.81. The summed E-state index contributed by atoms with van der Waals surface area (Å²) in [6, 6.07) is 7.63. The zero-order valence-corrected chi connectivity index (χ0v) is 17.5. The number of sulfonamides is 1. The fourth-order valence-corrected chi connectivity index (χ4v) is 6.06. The highest BCUT2D eigenvalue weighted by molar-refractivity contribution is 7.89. The minimum atomic E-state index is -3.66. The maximum absolute atomic E-state index is 13.3. The van der Waals surface area contributed by atoms with Crippen molar-refractivity contribution in [2.24, 2.45) is 0 Å². The summed E-state index contributed by atoms with van der Waals surface area (Å²) in [4.78, 5) is 7.25. The molecule has 0 aliphatic carbocycles. The molecule has 27 heavy (non-hydrogen) atoms. The van der Waals surface area contributed by atoms with Crippen molar-refractivity contribution in [2.45, 2.75) is 25.3 Å². The van der Waals surface area contributed by atoms with Gasteiger partial charge in [-0.25, -0.2) is 13.4 Å². The molecule has 1 saturated heterocycles. The van der Waals surface area contributed by atoms with E-state index in [0.29, 0.717) is 48.3 Å². The lowest BCUT2D eigenvalue weighted by atomic mass is 10.2. The summed E-state index contributed by atoms with van der Waals surface area (Å²) in [5.41, 5.74) is 1.58. The Kier molecular flexibility index (Phi) is 4.87. The summed E-state index contributed by atoms with van der Waals surface area (Å²) >= 11 is 7.48. The van der Waals surface area contributed by atoms with Crippen LogP contribution in [-0.4, -0.2) is 53.5 Å². The third kappa shape index (κ3) is 3.33. The van der Waals surface area contributed by atoms with E-state index < -0.39 is 10.0 Å². The first-order chi connectivity index (χ1) is 12.9. The average Bonchev–Trinajstić information content (AvgIpc) is 3.17. The maximum atomic E-state index is 13.3. The van der Waals surface area contributed by atoms with Crippen LogP contribution < -0.4 is 4.90 Å². The number of nitrogens with zero attached hydrogens (tertiary/aromatic N) is 5. The van der Waals surface area contributed by atoms with Crippen molar-refractivity contribution in [3.8, 4) is 0 Å². The highest BCUT2D eigenvalue weighted by Crippen LogP contribution is 2.27. The van der Waals surface area contributed by atoms with Crippen LogP contribution in [0.15, 0.2) is 29.3 Å². The van der Waals surface area contributed by atoms with Crippen molar-refractivity contribution >= 4 is 43.6 Å². The van der Waals surface area contributed by atoms with Crippen LogP contribution in [0.1, 0.15) is 17.6 Å². The van der Waals surface area contributed by atoms with Crippen molar-refractivity contribution in [3.05, 3.63) is 40.0 Å². The molecule has 0 amide bonds. The summed E-state index contributed by atoms with van der Waals surface area (Å²) in [7, 11) is -3.66. The maximum Gasteiger partial charge on any atom is 0.262 e. The van der Waals surface area contributed by atoms with Crippen LogP contribution in [0, 0.1) is 6.92 Å². The van der Waals surface area contributed by atoms with Gasteiger partial charge in [-0.1, -0.05) is 35.9 Å². The van der Waals surface area contributed by atoms with Crippen LogP contribution in [0.3, 0.4) is 0 Å². The Balaban J connectivity index is 1.61. The standard InChI is InChI=1S/C17H20ClN5O2S2/c1-3-15-16(23-17(19-15)26-12(2)20-23)27(24,25)22-9-7-21(8-10-22)14-6-4-5-13(18)11-14/h4-6,11H,3,7-10H2,1-2H3. The van der Waals surface area contributed by atoms with E-state index in [4.69, 9.17) is 11.6 Å². The van der Waals surface area contributed by atoms with Crippen molar-refractivity contribution < 1.29 is 8.42 Å². The molecule has 10 heteroatoms. The van der Waals surface area contributed by atoms with Crippen molar-refractivity contribution in [1.29, 1.82) is 0 Å². The summed E-state index contributed by atoms with van der Waals surface area (Å²) in [6.07, 6.45) is 0.548. The molecular weight excluding hydrogens is 406 g/mol. The zero-order valence-electron chi connectivity index (χ0n) is 15.1. The van der Waals surface area contributed by atoms with E-state index in [9.17, 15) is 8.42 Å². The Bertz CT molecular complexity index is 1080. The molecule has 0 atom stereocenters. The number of aromatic nitrogens is 3. The summed E-state index contributed by atoms with van der Waals surface area (Å²) < 4.78 is 29.7. The third-order valence-electron chi connectivity index (χ3n) is 4.66. The number of hydrogen-bond donors (Lipinski definition) is 0. The van der Waals surface area contributed by atoms with Gasteiger partial charge in [0.25, 0.3) is 10.0 Å². The first-order valence-corrected chi connectivity index (χ1v) is 11.4. The molecule has 0 radical (unpaired) electrons. The minimum absolute atomic E-state index is 0.209. The summed E-state index contributed by atoms with van der Waals surface area (Å²) in [5, 5.41) is 6.04. The van der Waals surface area contributed by atoms with E-state index in [1.54, 1.807) is 0 Å². The topological polar surface area (TPSA) is 70.8 Å². The van der Waals surface area contributed by atoms with Gasteiger partial charge in [-0.2, -0.15) is 13.9 Å². The molecule has 1 aliphatic heterocycles. The van der Waals surface area contributed by atoms with Crippen molar-refractivity contribution in [1.82, 2.24) is 18.9 Å². The van der Waals surface area contributed by atoms with E-state index in [-0.39, 0.29) is 5.03 Å². The monoisotopic (exact) mass is 425 g/mol. The minimum Gasteiger partial charge on any atom is -0.369 e. The molecule has 3 heterocycles. The predicted molar refractivity (Wildman–Crippen MR) is 107 cm³/mol. The van der Waals surface area contributed by atoms with Gasteiger partial charge < -0.3 is 4.90 Å². The number of aryl methyl sites for hydroxylation is 2. The first kappa shape index (κ1) is 18.7. The third-order valence-corrected chi connectivity index (χ3v) is 7.66. The lowest BCUT2D eigenvalue weighted by molar-refractivity contribution is 0.382. The van der Waals surface area contributed by atoms with Gasteiger partial charge in [0, 0.05) is 36.9 Å². The predicted octanol–water partition coefficient (Wildman–Crippen LogP) is 2.83. The number of rotatable bonds is 4. The fourth-order valence-electron chi connectivity index (χ4n) is 3.34. The van der Waals surface area contributed by atoms with Crippen LogP contribution in [0.5, 0.6) is 0 Å². The molecule has 1 aliphatic rings. The lowest BCUT2D eigenvalue weighted by Gasteiger charge is -2.35. The quantitative estimate of drug-likeness (QED) is 0.642. The number of fused-ring (bicyclic) bond motifs is 1. The van der Waals surface area contributed by atoms with Gasteiger partial charge in [0.2, 0.25) is 4.96 Å². The molecule has 7 nitrogen and oxygen atoms in total. The van der Waals surface area contributed by atoms with Crippen LogP contribution in [0.4, 0.5) is 5.69 Å². The second-order valence-corrected chi connectivity index (χ2v) is 9.85. The number of hydrogen-bond acceptors (Lipinski definition) is 6. The van der Waals surface area contributed by atoms with E-state index in [1.807, 2.05) is 38.1 Å². The van der Waals surface area contributed by atoms with E-state index in [2.05, 4.69) is 15.0 Å². The Hall–Kier alpha value is -1.68. The molecule has 0 spiro atoms. The number of anilines is 1. The Labute approximate surface area is 167 Å². The van der Waals surface area contributed by atoms with Gasteiger partial charge in [-0.05, 0) is 31.5 Å². The SMILES string of the molecule is CCc1nc2sc(C)nn2c1S(=O)(=O)N1CCN(c2cccc(Cl)c2)CC1. The van der Waals surface area contributed by atoms with Crippen LogP contribution in [0.2, 0.25) is 5.02 Å². The molecule has 1 aromatic carbocycles. The molecule has 4 rings (SSSR count). The number of benzene rings is 1.